The van der Waals surface area contributed by atoms with Crippen LogP contribution in [0.25, 0.3) is 0 Å². The van der Waals surface area contributed by atoms with Gasteiger partial charge in [0, 0.05) is 13.1 Å². The normalized spacial score (nSPS) is 18.8. The molecule has 0 unspecified atom stereocenters. The smallest absolute Gasteiger partial charge is 0.211 e. The van der Waals surface area contributed by atoms with E-state index in [-0.39, 0.29) is 11.9 Å². The van der Waals surface area contributed by atoms with Crippen LogP contribution in [0.2, 0.25) is 0 Å². The van der Waals surface area contributed by atoms with Crippen molar-refractivity contribution in [3.63, 3.8) is 0 Å². The summed E-state index contributed by atoms with van der Waals surface area (Å²) >= 11 is 0. The molecule has 1 aliphatic rings. The zero-order valence-corrected chi connectivity index (χ0v) is 11.0. The summed E-state index contributed by atoms with van der Waals surface area (Å²) in [5, 5.41) is 0. The fourth-order valence-electron chi connectivity index (χ4n) is 1.99. The van der Waals surface area contributed by atoms with Crippen molar-refractivity contribution in [1.29, 1.82) is 0 Å². The Morgan fingerprint density at radius 3 is 2.28 bits per heavy atom. The summed E-state index contributed by atoms with van der Waals surface area (Å²) in [6.45, 7) is 0.954. The largest absolute Gasteiger partial charge is 0.490 e. The van der Waals surface area contributed by atoms with Gasteiger partial charge < -0.3 is 4.74 Å². The number of rotatable bonds is 3. The summed E-state index contributed by atoms with van der Waals surface area (Å²) in [5.74, 6) is 0.323. The molecule has 0 saturated carbocycles. The van der Waals surface area contributed by atoms with E-state index >= 15 is 0 Å². The summed E-state index contributed by atoms with van der Waals surface area (Å²) in [5.41, 5.74) is 0. The van der Waals surface area contributed by atoms with Crippen LogP contribution in [0.3, 0.4) is 0 Å². The SMILES string of the molecule is CS(=O)(=O)N1CCC(Oc2ccc(F)cc2)CC1. The Labute approximate surface area is 106 Å². The summed E-state index contributed by atoms with van der Waals surface area (Å²) < 4.78 is 42.5. The number of benzene rings is 1. The molecule has 1 aromatic rings. The molecule has 6 heteroatoms. The molecule has 0 N–H and O–H groups in total. The van der Waals surface area contributed by atoms with E-state index in [1.165, 1.54) is 22.7 Å². The number of halogens is 1. The van der Waals surface area contributed by atoms with Gasteiger partial charge in [-0.25, -0.2) is 17.1 Å². The highest BCUT2D eigenvalue weighted by molar-refractivity contribution is 7.88. The van der Waals surface area contributed by atoms with Crippen molar-refractivity contribution in [3.05, 3.63) is 30.1 Å². The number of hydrogen-bond acceptors (Lipinski definition) is 3. The Kier molecular flexibility index (Phi) is 3.87. The van der Waals surface area contributed by atoms with Crippen molar-refractivity contribution in [1.82, 2.24) is 4.31 Å². The molecule has 1 saturated heterocycles. The molecule has 0 amide bonds. The molecule has 1 aliphatic heterocycles. The predicted molar refractivity (Wildman–Crippen MR) is 66.5 cm³/mol. The van der Waals surface area contributed by atoms with Crippen molar-refractivity contribution in [3.8, 4) is 5.75 Å². The van der Waals surface area contributed by atoms with Crippen LogP contribution in [-0.2, 0) is 10.0 Å². The third-order valence-electron chi connectivity index (χ3n) is 2.99. The van der Waals surface area contributed by atoms with E-state index in [9.17, 15) is 12.8 Å². The lowest BCUT2D eigenvalue weighted by atomic mass is 10.1. The Hall–Kier alpha value is -1.14. The highest BCUT2D eigenvalue weighted by atomic mass is 32.2. The standard InChI is InChI=1S/C12H16FNO3S/c1-18(15,16)14-8-6-12(7-9-14)17-11-4-2-10(13)3-5-11/h2-5,12H,6-9H2,1H3. The molecule has 0 aromatic heterocycles. The van der Waals surface area contributed by atoms with E-state index in [4.69, 9.17) is 4.74 Å². The first kappa shape index (κ1) is 13.3. The van der Waals surface area contributed by atoms with E-state index in [0.717, 1.165) is 0 Å². The lowest BCUT2D eigenvalue weighted by molar-refractivity contribution is 0.135. The highest BCUT2D eigenvalue weighted by Gasteiger charge is 2.25. The van der Waals surface area contributed by atoms with E-state index < -0.39 is 10.0 Å². The minimum Gasteiger partial charge on any atom is -0.490 e. The Balaban J connectivity index is 1.89. The monoisotopic (exact) mass is 273 g/mol. The van der Waals surface area contributed by atoms with Gasteiger partial charge in [0.15, 0.2) is 0 Å². The Bertz CT molecular complexity index is 493. The van der Waals surface area contributed by atoms with Crippen LogP contribution >= 0.6 is 0 Å². The third-order valence-corrected chi connectivity index (χ3v) is 4.29. The minimum absolute atomic E-state index is 0.00605. The van der Waals surface area contributed by atoms with Gasteiger partial charge in [0.1, 0.15) is 17.7 Å². The predicted octanol–water partition coefficient (Wildman–Crippen LogP) is 1.63. The molecule has 100 valence electrons. The maximum Gasteiger partial charge on any atom is 0.211 e. The summed E-state index contributed by atoms with van der Waals surface area (Å²) in [6, 6.07) is 5.86. The lowest BCUT2D eigenvalue weighted by Crippen LogP contribution is -2.41. The molecule has 1 fully saturated rings. The van der Waals surface area contributed by atoms with Gasteiger partial charge in [-0.05, 0) is 37.1 Å². The quantitative estimate of drug-likeness (QED) is 0.841. The first-order valence-electron chi connectivity index (χ1n) is 5.82. The Morgan fingerprint density at radius 1 is 1.22 bits per heavy atom. The third kappa shape index (κ3) is 3.43. The number of piperidine rings is 1. The maximum atomic E-state index is 12.7. The molecule has 2 rings (SSSR count). The average molecular weight is 273 g/mol. The van der Waals surface area contributed by atoms with Gasteiger partial charge >= 0.3 is 0 Å². The fraction of sp³-hybridized carbons (Fsp3) is 0.500. The molecule has 0 spiro atoms. The minimum atomic E-state index is -3.10. The second kappa shape index (κ2) is 5.24. The van der Waals surface area contributed by atoms with Crippen LogP contribution in [0.5, 0.6) is 5.75 Å². The van der Waals surface area contributed by atoms with Crippen LogP contribution in [0.15, 0.2) is 24.3 Å². The Morgan fingerprint density at radius 2 is 1.78 bits per heavy atom. The van der Waals surface area contributed by atoms with Crippen LogP contribution in [0.1, 0.15) is 12.8 Å². The molecular formula is C12H16FNO3S. The van der Waals surface area contributed by atoms with E-state index in [1.807, 2.05) is 0 Å². The summed E-state index contributed by atoms with van der Waals surface area (Å²) in [7, 11) is -3.10. The van der Waals surface area contributed by atoms with Crippen LogP contribution in [0, 0.1) is 5.82 Å². The van der Waals surface area contributed by atoms with Gasteiger partial charge in [0.2, 0.25) is 10.0 Å². The topological polar surface area (TPSA) is 46.6 Å². The summed E-state index contributed by atoms with van der Waals surface area (Å²) in [4.78, 5) is 0. The zero-order valence-electron chi connectivity index (χ0n) is 10.2. The fourth-order valence-corrected chi connectivity index (χ4v) is 2.86. The van der Waals surface area contributed by atoms with Gasteiger partial charge in [-0.2, -0.15) is 0 Å². The van der Waals surface area contributed by atoms with Crippen molar-refractivity contribution in [2.24, 2.45) is 0 Å². The number of nitrogens with zero attached hydrogens (tertiary/aromatic N) is 1. The van der Waals surface area contributed by atoms with Crippen LogP contribution in [0.4, 0.5) is 4.39 Å². The number of ether oxygens (including phenoxy) is 1. The van der Waals surface area contributed by atoms with Crippen LogP contribution in [-0.4, -0.2) is 38.2 Å². The van der Waals surface area contributed by atoms with Crippen molar-refractivity contribution < 1.29 is 17.5 Å². The van der Waals surface area contributed by atoms with Gasteiger partial charge in [0.25, 0.3) is 0 Å². The van der Waals surface area contributed by atoms with Gasteiger partial charge in [-0.3, -0.25) is 0 Å². The molecule has 0 bridgehead atoms. The number of hydrogen-bond donors (Lipinski definition) is 0. The second-order valence-corrected chi connectivity index (χ2v) is 6.42. The van der Waals surface area contributed by atoms with Crippen molar-refractivity contribution in [2.45, 2.75) is 18.9 Å². The first-order chi connectivity index (χ1) is 8.45. The molecule has 0 aliphatic carbocycles. The lowest BCUT2D eigenvalue weighted by Gasteiger charge is -2.30. The van der Waals surface area contributed by atoms with E-state index in [2.05, 4.69) is 0 Å². The molecule has 1 heterocycles. The van der Waals surface area contributed by atoms with E-state index in [1.54, 1.807) is 12.1 Å². The van der Waals surface area contributed by atoms with Gasteiger partial charge in [0.05, 0.1) is 6.26 Å². The van der Waals surface area contributed by atoms with Crippen molar-refractivity contribution >= 4 is 10.0 Å². The molecule has 18 heavy (non-hydrogen) atoms. The molecular weight excluding hydrogens is 257 g/mol. The first-order valence-corrected chi connectivity index (χ1v) is 7.67. The van der Waals surface area contributed by atoms with Gasteiger partial charge in [-0.1, -0.05) is 0 Å². The number of sulfonamides is 1. The molecule has 1 aromatic carbocycles. The zero-order chi connectivity index (χ0) is 13.2. The van der Waals surface area contributed by atoms with Crippen LogP contribution < -0.4 is 4.74 Å². The molecule has 0 atom stereocenters. The maximum absolute atomic E-state index is 12.7. The summed E-state index contributed by atoms with van der Waals surface area (Å²) in [6.07, 6.45) is 2.52. The van der Waals surface area contributed by atoms with Crippen molar-refractivity contribution in [2.75, 3.05) is 19.3 Å². The molecule has 0 radical (unpaired) electrons. The average Bonchev–Trinajstić information content (AvgIpc) is 2.32. The highest BCUT2D eigenvalue weighted by Crippen LogP contribution is 2.20. The molecule has 4 nitrogen and oxygen atoms in total. The van der Waals surface area contributed by atoms with E-state index in [0.29, 0.717) is 31.7 Å². The second-order valence-electron chi connectivity index (χ2n) is 4.43. The van der Waals surface area contributed by atoms with Gasteiger partial charge in [-0.15, -0.1) is 0 Å².